The topological polar surface area (TPSA) is 73.6 Å². The van der Waals surface area contributed by atoms with Gasteiger partial charge in [0, 0.05) is 0 Å². The lowest BCUT2D eigenvalue weighted by molar-refractivity contribution is -0.122. The van der Waals surface area contributed by atoms with E-state index in [0.717, 1.165) is 11.5 Å². The summed E-state index contributed by atoms with van der Waals surface area (Å²) in [4.78, 5) is 11.1. The van der Waals surface area contributed by atoms with Gasteiger partial charge in [-0.2, -0.15) is 0 Å². The lowest BCUT2D eigenvalue weighted by atomic mass is 10.3. The van der Waals surface area contributed by atoms with Crippen LogP contribution < -0.4 is 20.5 Å². The zero-order chi connectivity index (χ0) is 12.7. The van der Waals surface area contributed by atoms with Gasteiger partial charge in [0.25, 0.3) is 0 Å². The molecule has 0 aliphatic rings. The van der Waals surface area contributed by atoms with Crippen molar-refractivity contribution in [2.24, 2.45) is 5.73 Å². The Labute approximate surface area is 101 Å². The molecule has 0 fully saturated rings. The molecule has 0 saturated carbocycles. The molecule has 0 unspecified atom stereocenters. The first-order valence-electron chi connectivity index (χ1n) is 5.43. The summed E-state index contributed by atoms with van der Waals surface area (Å²) in [7, 11) is 1.61. The van der Waals surface area contributed by atoms with Gasteiger partial charge in [0.15, 0.2) is 0 Å². The van der Waals surface area contributed by atoms with Crippen LogP contribution in [-0.4, -0.2) is 32.2 Å². The Bertz CT molecular complexity index is 349. The second kappa shape index (κ2) is 6.75. The van der Waals surface area contributed by atoms with E-state index in [1.54, 1.807) is 14.0 Å². The fraction of sp³-hybridized carbons (Fsp3) is 0.417. The zero-order valence-electron chi connectivity index (χ0n) is 10.1. The summed E-state index contributed by atoms with van der Waals surface area (Å²) < 4.78 is 10.5. The van der Waals surface area contributed by atoms with Crippen molar-refractivity contribution in [3.63, 3.8) is 0 Å². The number of amides is 1. The first-order chi connectivity index (χ1) is 8.13. The van der Waals surface area contributed by atoms with Crippen molar-refractivity contribution in [3.05, 3.63) is 24.3 Å². The van der Waals surface area contributed by atoms with Crippen LogP contribution in [0.2, 0.25) is 0 Å². The number of carbonyl (C=O) groups excluding carboxylic acids is 1. The Balaban J connectivity index is 2.24. The molecule has 0 heterocycles. The summed E-state index contributed by atoms with van der Waals surface area (Å²) in [6, 6.07) is 6.76. The highest BCUT2D eigenvalue weighted by Gasteiger charge is 2.05. The van der Waals surface area contributed by atoms with E-state index in [9.17, 15) is 4.79 Å². The highest BCUT2D eigenvalue weighted by atomic mass is 16.5. The maximum Gasteiger partial charge on any atom is 0.236 e. The average molecular weight is 238 g/mol. The summed E-state index contributed by atoms with van der Waals surface area (Å²) in [6.07, 6.45) is 0. The molecule has 17 heavy (non-hydrogen) atoms. The largest absolute Gasteiger partial charge is 0.497 e. The van der Waals surface area contributed by atoms with Crippen LogP contribution >= 0.6 is 0 Å². The van der Waals surface area contributed by atoms with E-state index in [-0.39, 0.29) is 5.91 Å². The Morgan fingerprint density at radius 3 is 2.47 bits per heavy atom. The van der Waals surface area contributed by atoms with Gasteiger partial charge in [-0.3, -0.25) is 4.79 Å². The van der Waals surface area contributed by atoms with Crippen molar-refractivity contribution >= 4 is 5.91 Å². The Morgan fingerprint density at radius 2 is 1.94 bits per heavy atom. The quantitative estimate of drug-likeness (QED) is 0.709. The van der Waals surface area contributed by atoms with E-state index in [0.29, 0.717) is 13.2 Å². The lowest BCUT2D eigenvalue weighted by Gasteiger charge is -2.09. The van der Waals surface area contributed by atoms with Crippen molar-refractivity contribution in [1.29, 1.82) is 0 Å². The van der Waals surface area contributed by atoms with E-state index in [1.165, 1.54) is 0 Å². The maximum atomic E-state index is 11.1. The summed E-state index contributed by atoms with van der Waals surface area (Å²) >= 11 is 0. The van der Waals surface area contributed by atoms with Crippen LogP contribution in [-0.2, 0) is 4.79 Å². The minimum atomic E-state index is -0.490. The molecule has 1 rings (SSSR count). The molecule has 0 radical (unpaired) electrons. The van der Waals surface area contributed by atoms with Gasteiger partial charge in [-0.05, 0) is 31.2 Å². The third-order valence-corrected chi connectivity index (χ3v) is 2.14. The Kier molecular flexibility index (Phi) is 5.29. The monoisotopic (exact) mass is 238 g/mol. The lowest BCUT2D eigenvalue weighted by Crippen LogP contribution is -2.40. The summed E-state index contributed by atoms with van der Waals surface area (Å²) in [6.45, 7) is 2.48. The second-order valence-corrected chi connectivity index (χ2v) is 3.60. The van der Waals surface area contributed by atoms with Crippen LogP contribution in [0, 0.1) is 0 Å². The van der Waals surface area contributed by atoms with Crippen LogP contribution in [0.5, 0.6) is 11.5 Å². The number of ether oxygens (including phenoxy) is 2. The SMILES string of the molecule is COc1ccc(OCCNC(=O)[C@@H](C)N)cc1. The van der Waals surface area contributed by atoms with Crippen molar-refractivity contribution in [2.45, 2.75) is 13.0 Å². The maximum absolute atomic E-state index is 11.1. The van der Waals surface area contributed by atoms with Crippen molar-refractivity contribution in [2.75, 3.05) is 20.3 Å². The minimum Gasteiger partial charge on any atom is -0.497 e. The smallest absolute Gasteiger partial charge is 0.236 e. The van der Waals surface area contributed by atoms with Gasteiger partial charge >= 0.3 is 0 Å². The van der Waals surface area contributed by atoms with Crippen molar-refractivity contribution in [1.82, 2.24) is 5.32 Å². The molecule has 0 bridgehead atoms. The first-order valence-corrected chi connectivity index (χ1v) is 5.43. The number of hydrogen-bond acceptors (Lipinski definition) is 4. The van der Waals surface area contributed by atoms with Crippen LogP contribution in [0.25, 0.3) is 0 Å². The van der Waals surface area contributed by atoms with Gasteiger partial charge in [-0.15, -0.1) is 0 Å². The second-order valence-electron chi connectivity index (χ2n) is 3.60. The third-order valence-electron chi connectivity index (χ3n) is 2.14. The molecule has 1 aromatic carbocycles. The molecule has 0 spiro atoms. The van der Waals surface area contributed by atoms with Gasteiger partial charge in [0.2, 0.25) is 5.91 Å². The van der Waals surface area contributed by atoms with Crippen molar-refractivity contribution < 1.29 is 14.3 Å². The predicted octanol–water partition coefficient (Wildman–Crippen LogP) is 0.537. The molecular weight excluding hydrogens is 220 g/mol. The predicted molar refractivity (Wildman–Crippen MR) is 65.1 cm³/mol. The molecule has 1 aromatic rings. The van der Waals surface area contributed by atoms with Crippen LogP contribution in [0.4, 0.5) is 0 Å². The van der Waals surface area contributed by atoms with E-state index in [1.807, 2.05) is 24.3 Å². The number of benzene rings is 1. The number of hydrogen-bond donors (Lipinski definition) is 2. The Morgan fingerprint density at radius 1 is 1.35 bits per heavy atom. The van der Waals surface area contributed by atoms with Gasteiger partial charge < -0.3 is 20.5 Å². The van der Waals surface area contributed by atoms with E-state index >= 15 is 0 Å². The number of rotatable bonds is 6. The van der Waals surface area contributed by atoms with Gasteiger partial charge in [-0.25, -0.2) is 0 Å². The molecule has 0 saturated heterocycles. The van der Waals surface area contributed by atoms with Crippen LogP contribution in [0.3, 0.4) is 0 Å². The summed E-state index contributed by atoms with van der Waals surface area (Å²) in [5.74, 6) is 1.34. The minimum absolute atomic E-state index is 0.177. The molecule has 0 aromatic heterocycles. The molecule has 3 N–H and O–H groups in total. The highest BCUT2D eigenvalue weighted by Crippen LogP contribution is 2.16. The molecular formula is C12H18N2O3. The fourth-order valence-corrected chi connectivity index (χ4v) is 1.18. The molecule has 1 atom stereocenters. The average Bonchev–Trinajstić information content (AvgIpc) is 2.35. The van der Waals surface area contributed by atoms with Gasteiger partial charge in [0.05, 0.1) is 19.7 Å². The molecule has 5 nitrogen and oxygen atoms in total. The highest BCUT2D eigenvalue weighted by molar-refractivity contribution is 5.80. The van der Waals surface area contributed by atoms with E-state index < -0.39 is 6.04 Å². The summed E-state index contributed by atoms with van der Waals surface area (Å²) in [5.41, 5.74) is 5.39. The van der Waals surface area contributed by atoms with Crippen LogP contribution in [0.1, 0.15) is 6.92 Å². The number of nitrogens with one attached hydrogen (secondary N) is 1. The van der Waals surface area contributed by atoms with Gasteiger partial charge in [0.1, 0.15) is 18.1 Å². The standard InChI is InChI=1S/C12H18N2O3/c1-9(13)12(15)14-7-8-17-11-5-3-10(16-2)4-6-11/h3-6,9H,7-8,13H2,1-2H3,(H,14,15)/t9-/m1/s1. The van der Waals surface area contributed by atoms with E-state index in [2.05, 4.69) is 5.32 Å². The Hall–Kier alpha value is -1.75. The summed E-state index contributed by atoms with van der Waals surface area (Å²) in [5, 5.41) is 2.66. The molecule has 5 heteroatoms. The van der Waals surface area contributed by atoms with Gasteiger partial charge in [-0.1, -0.05) is 0 Å². The first kappa shape index (κ1) is 13.3. The normalized spacial score (nSPS) is 11.7. The third kappa shape index (κ3) is 4.74. The van der Waals surface area contributed by atoms with Crippen molar-refractivity contribution in [3.8, 4) is 11.5 Å². The number of carbonyl (C=O) groups is 1. The zero-order valence-corrected chi connectivity index (χ0v) is 10.1. The number of nitrogens with two attached hydrogens (primary N) is 1. The van der Waals surface area contributed by atoms with E-state index in [4.69, 9.17) is 15.2 Å². The fourth-order valence-electron chi connectivity index (χ4n) is 1.18. The number of methoxy groups -OCH3 is 1. The molecule has 94 valence electrons. The van der Waals surface area contributed by atoms with Crippen LogP contribution in [0.15, 0.2) is 24.3 Å². The molecule has 1 amide bonds. The molecule has 0 aliphatic heterocycles. The molecule has 0 aliphatic carbocycles.